The molecule has 0 aliphatic rings. The van der Waals surface area contributed by atoms with Gasteiger partial charge >= 0.3 is 0 Å². The molecule has 0 radical (unpaired) electrons. The van der Waals surface area contributed by atoms with Gasteiger partial charge in [-0.2, -0.15) is 0 Å². The van der Waals surface area contributed by atoms with E-state index in [9.17, 15) is 9.59 Å². The lowest BCUT2D eigenvalue weighted by Crippen LogP contribution is -2.25. The molecule has 0 aromatic carbocycles. The Labute approximate surface area is 104 Å². The summed E-state index contributed by atoms with van der Waals surface area (Å²) in [6.45, 7) is 11.6. The highest BCUT2D eigenvalue weighted by Gasteiger charge is 2.05. The van der Waals surface area contributed by atoms with Crippen LogP contribution < -0.4 is 0 Å². The van der Waals surface area contributed by atoms with Gasteiger partial charge in [-0.1, -0.05) is 13.2 Å². The van der Waals surface area contributed by atoms with E-state index in [0.717, 1.165) is 19.3 Å². The van der Waals surface area contributed by atoms with Crippen LogP contribution in [0.2, 0.25) is 0 Å². The normalized spacial score (nSPS) is 9.53. The molecule has 0 N–H and O–H groups in total. The molecule has 96 valence electrons. The molecule has 0 aliphatic carbocycles. The van der Waals surface area contributed by atoms with Crippen LogP contribution in [0.3, 0.4) is 0 Å². The Kier molecular flexibility index (Phi) is 7.76. The van der Waals surface area contributed by atoms with E-state index in [1.54, 1.807) is 22.2 Å². The average Bonchev–Trinajstić information content (AvgIpc) is 2.27. The third kappa shape index (κ3) is 6.56. The van der Waals surface area contributed by atoms with Crippen LogP contribution in [0.25, 0.3) is 0 Å². The summed E-state index contributed by atoms with van der Waals surface area (Å²) < 4.78 is 0. The maximum atomic E-state index is 11.1. The monoisotopic (exact) mass is 238 g/mol. The second-order valence-corrected chi connectivity index (χ2v) is 3.85. The molecule has 0 unspecified atom stereocenters. The smallest absolute Gasteiger partial charge is 0.223 e. The molecule has 0 fully saturated rings. The molecule has 4 heteroatoms. The topological polar surface area (TPSA) is 40.6 Å². The van der Waals surface area contributed by atoms with Crippen LogP contribution in [0.4, 0.5) is 0 Å². The molecule has 0 saturated carbocycles. The maximum absolute atomic E-state index is 11.1. The zero-order valence-electron chi connectivity index (χ0n) is 10.8. The number of amides is 2. The molecule has 17 heavy (non-hydrogen) atoms. The summed E-state index contributed by atoms with van der Waals surface area (Å²) in [7, 11) is 0. The first-order valence-electron chi connectivity index (χ1n) is 5.82. The van der Waals surface area contributed by atoms with Crippen LogP contribution >= 0.6 is 0 Å². The third-order valence-corrected chi connectivity index (χ3v) is 2.55. The Morgan fingerprint density at radius 1 is 0.882 bits per heavy atom. The number of hydrogen-bond donors (Lipinski definition) is 0. The van der Waals surface area contributed by atoms with Gasteiger partial charge in [0.15, 0.2) is 0 Å². The standard InChI is InChI=1S/C13H22N2O2/c1-5-14(12(3)16)10-8-7-9-11-15(6-2)13(4)17/h5-6H,1-2,7-11H2,3-4H3. The van der Waals surface area contributed by atoms with Crippen molar-refractivity contribution in [3.63, 3.8) is 0 Å². The highest BCUT2D eigenvalue weighted by Crippen LogP contribution is 2.02. The lowest BCUT2D eigenvalue weighted by molar-refractivity contribution is -0.126. The minimum Gasteiger partial charge on any atom is -0.320 e. The maximum Gasteiger partial charge on any atom is 0.223 e. The molecule has 0 saturated heterocycles. The van der Waals surface area contributed by atoms with Crippen molar-refractivity contribution in [3.05, 3.63) is 25.6 Å². The van der Waals surface area contributed by atoms with E-state index in [1.807, 2.05) is 0 Å². The molecule has 0 spiro atoms. The van der Waals surface area contributed by atoms with Gasteiger partial charge in [-0.3, -0.25) is 9.59 Å². The Hall–Kier alpha value is -1.58. The summed E-state index contributed by atoms with van der Waals surface area (Å²) in [6.07, 6.45) is 5.89. The first-order valence-corrected chi connectivity index (χ1v) is 5.82. The van der Waals surface area contributed by atoms with Crippen molar-refractivity contribution in [1.82, 2.24) is 9.80 Å². The summed E-state index contributed by atoms with van der Waals surface area (Å²) in [5.41, 5.74) is 0. The van der Waals surface area contributed by atoms with Crippen molar-refractivity contribution < 1.29 is 9.59 Å². The fourth-order valence-corrected chi connectivity index (χ4v) is 1.50. The van der Waals surface area contributed by atoms with Gasteiger partial charge in [-0.15, -0.1) is 0 Å². The van der Waals surface area contributed by atoms with E-state index in [4.69, 9.17) is 0 Å². The van der Waals surface area contributed by atoms with Crippen molar-refractivity contribution >= 4 is 11.8 Å². The van der Waals surface area contributed by atoms with Crippen LogP contribution in [0.15, 0.2) is 25.6 Å². The van der Waals surface area contributed by atoms with E-state index < -0.39 is 0 Å². The van der Waals surface area contributed by atoms with Crippen LogP contribution in [0.5, 0.6) is 0 Å². The average molecular weight is 238 g/mol. The largest absolute Gasteiger partial charge is 0.320 e. The number of nitrogens with zero attached hydrogens (tertiary/aromatic N) is 2. The minimum atomic E-state index is 0.0106. The van der Waals surface area contributed by atoms with Crippen molar-refractivity contribution in [2.24, 2.45) is 0 Å². The lowest BCUT2D eigenvalue weighted by atomic mass is 10.2. The molecule has 0 bridgehead atoms. The fraction of sp³-hybridized carbons (Fsp3) is 0.538. The second-order valence-electron chi connectivity index (χ2n) is 3.85. The number of unbranched alkanes of at least 4 members (excludes halogenated alkanes) is 2. The van der Waals surface area contributed by atoms with Crippen LogP contribution in [0, 0.1) is 0 Å². The van der Waals surface area contributed by atoms with Crippen molar-refractivity contribution in [1.29, 1.82) is 0 Å². The van der Waals surface area contributed by atoms with Crippen LogP contribution in [0.1, 0.15) is 33.1 Å². The first kappa shape index (κ1) is 15.4. The van der Waals surface area contributed by atoms with Gasteiger partial charge < -0.3 is 9.80 Å². The van der Waals surface area contributed by atoms with Gasteiger partial charge in [-0.25, -0.2) is 0 Å². The predicted molar refractivity (Wildman–Crippen MR) is 69.0 cm³/mol. The molecule has 0 rings (SSSR count). The van der Waals surface area contributed by atoms with Gasteiger partial charge in [0, 0.05) is 26.9 Å². The van der Waals surface area contributed by atoms with Crippen molar-refractivity contribution in [2.45, 2.75) is 33.1 Å². The molecule has 0 atom stereocenters. The highest BCUT2D eigenvalue weighted by molar-refractivity contribution is 5.74. The molecular weight excluding hydrogens is 216 g/mol. The fourth-order valence-electron chi connectivity index (χ4n) is 1.50. The summed E-state index contributed by atoms with van der Waals surface area (Å²) in [5, 5.41) is 0. The second kappa shape index (κ2) is 8.56. The van der Waals surface area contributed by atoms with Crippen LogP contribution in [-0.4, -0.2) is 34.7 Å². The summed E-state index contributed by atoms with van der Waals surface area (Å²) >= 11 is 0. The Bertz CT molecular complexity index is 259. The first-order chi connectivity index (χ1) is 8.02. The minimum absolute atomic E-state index is 0.0106. The van der Waals surface area contributed by atoms with Gasteiger partial charge in [0.2, 0.25) is 11.8 Å². The Morgan fingerprint density at radius 3 is 1.47 bits per heavy atom. The molecule has 0 heterocycles. The van der Waals surface area contributed by atoms with E-state index >= 15 is 0 Å². The molecule has 4 nitrogen and oxygen atoms in total. The van der Waals surface area contributed by atoms with Gasteiger partial charge in [-0.05, 0) is 31.7 Å². The van der Waals surface area contributed by atoms with E-state index in [-0.39, 0.29) is 11.8 Å². The molecule has 0 aliphatic heterocycles. The zero-order valence-corrected chi connectivity index (χ0v) is 10.8. The Balaban J connectivity index is 3.71. The lowest BCUT2D eigenvalue weighted by Gasteiger charge is -2.17. The molecular formula is C13H22N2O2. The number of rotatable bonds is 8. The number of carbonyl (C=O) groups excluding carboxylic acids is 2. The third-order valence-electron chi connectivity index (χ3n) is 2.55. The van der Waals surface area contributed by atoms with Crippen molar-refractivity contribution in [2.75, 3.05) is 13.1 Å². The molecule has 0 aromatic heterocycles. The van der Waals surface area contributed by atoms with Gasteiger partial charge in [0.05, 0.1) is 0 Å². The highest BCUT2D eigenvalue weighted by atomic mass is 16.2. The van der Waals surface area contributed by atoms with E-state index in [1.165, 1.54) is 13.8 Å². The van der Waals surface area contributed by atoms with Gasteiger partial charge in [0.1, 0.15) is 0 Å². The summed E-state index contributed by atoms with van der Waals surface area (Å²) in [4.78, 5) is 25.3. The molecule has 2 amide bonds. The van der Waals surface area contributed by atoms with E-state index in [0.29, 0.717) is 13.1 Å². The SMILES string of the molecule is C=CN(CCCCCN(C=C)C(C)=O)C(C)=O. The Morgan fingerprint density at radius 2 is 1.24 bits per heavy atom. The quantitative estimate of drug-likeness (QED) is 0.608. The van der Waals surface area contributed by atoms with E-state index in [2.05, 4.69) is 13.2 Å². The number of carbonyl (C=O) groups is 2. The van der Waals surface area contributed by atoms with Gasteiger partial charge in [0.25, 0.3) is 0 Å². The zero-order chi connectivity index (χ0) is 13.3. The summed E-state index contributed by atoms with van der Waals surface area (Å²) in [6, 6.07) is 0. The summed E-state index contributed by atoms with van der Waals surface area (Å²) in [5.74, 6) is 0.0212. The predicted octanol–water partition coefficient (Wildman–Crippen LogP) is 2.14. The number of hydrogen-bond acceptors (Lipinski definition) is 2. The van der Waals surface area contributed by atoms with Crippen LogP contribution in [-0.2, 0) is 9.59 Å². The van der Waals surface area contributed by atoms with Crippen molar-refractivity contribution in [3.8, 4) is 0 Å². The molecule has 0 aromatic rings.